The van der Waals surface area contributed by atoms with E-state index in [1.54, 1.807) is 11.5 Å². The molecule has 0 aromatic carbocycles. The molecule has 3 rings (SSSR count). The summed E-state index contributed by atoms with van der Waals surface area (Å²) in [7, 11) is 0. The number of rotatable bonds is 2. The van der Waals surface area contributed by atoms with Crippen LogP contribution in [0.5, 0.6) is 0 Å². The largest absolute Gasteiger partial charge is 0.382 e. The first-order chi connectivity index (χ1) is 9.54. The average molecular weight is 276 g/mol. The fraction of sp³-hybridized carbons (Fsp3) is 0.615. The van der Waals surface area contributed by atoms with Crippen molar-refractivity contribution >= 4 is 17.0 Å². The number of aromatic amines is 1. The van der Waals surface area contributed by atoms with Crippen molar-refractivity contribution in [3.05, 3.63) is 16.3 Å². The highest BCUT2D eigenvalue weighted by molar-refractivity contribution is 5.81. The van der Waals surface area contributed by atoms with Crippen molar-refractivity contribution in [2.24, 2.45) is 5.92 Å². The van der Waals surface area contributed by atoms with Gasteiger partial charge in [0.05, 0.1) is 6.67 Å². The summed E-state index contributed by atoms with van der Waals surface area (Å²) in [6.45, 7) is 6.61. The summed E-state index contributed by atoms with van der Waals surface area (Å²) in [5.74, 6) is 1.58. The van der Waals surface area contributed by atoms with Gasteiger partial charge < -0.3 is 10.7 Å². The summed E-state index contributed by atoms with van der Waals surface area (Å²) >= 11 is 0. The number of aryl methyl sites for hydroxylation is 1. The van der Waals surface area contributed by atoms with E-state index in [1.165, 1.54) is 12.8 Å². The molecule has 1 fully saturated rings. The van der Waals surface area contributed by atoms with Gasteiger partial charge in [0.2, 0.25) is 0 Å². The van der Waals surface area contributed by atoms with Crippen molar-refractivity contribution < 1.29 is 0 Å². The van der Waals surface area contributed by atoms with Crippen LogP contribution < -0.4 is 11.4 Å². The molecule has 0 amide bonds. The predicted octanol–water partition coefficient (Wildman–Crippen LogP) is 0.700. The summed E-state index contributed by atoms with van der Waals surface area (Å²) in [6, 6.07) is 0. The zero-order valence-corrected chi connectivity index (χ0v) is 11.9. The van der Waals surface area contributed by atoms with E-state index in [9.17, 15) is 4.79 Å². The Labute approximate surface area is 116 Å². The Balaban J connectivity index is 1.98. The van der Waals surface area contributed by atoms with E-state index in [-0.39, 0.29) is 5.69 Å². The Hall–Kier alpha value is -1.89. The Morgan fingerprint density at radius 1 is 1.45 bits per heavy atom. The van der Waals surface area contributed by atoms with E-state index in [2.05, 4.69) is 26.8 Å². The van der Waals surface area contributed by atoms with Gasteiger partial charge in [0.25, 0.3) is 0 Å². The van der Waals surface area contributed by atoms with E-state index < -0.39 is 0 Å². The summed E-state index contributed by atoms with van der Waals surface area (Å²) in [6.07, 6.45) is 2.43. The Bertz CT molecular complexity index is 688. The topological polar surface area (TPSA) is 92.8 Å². The second kappa shape index (κ2) is 4.90. The Morgan fingerprint density at radius 3 is 3.00 bits per heavy atom. The maximum atomic E-state index is 12.1. The maximum Gasteiger partial charge on any atom is 0.328 e. The van der Waals surface area contributed by atoms with Crippen LogP contribution in [-0.2, 0) is 6.67 Å². The lowest BCUT2D eigenvalue weighted by Crippen LogP contribution is -2.38. The maximum absolute atomic E-state index is 12.1. The highest BCUT2D eigenvalue weighted by Gasteiger charge is 2.19. The molecule has 2 aromatic heterocycles. The zero-order valence-electron chi connectivity index (χ0n) is 11.9. The van der Waals surface area contributed by atoms with Crippen LogP contribution in [0.4, 0.5) is 5.82 Å². The minimum atomic E-state index is -0.176. The number of nitrogens with one attached hydrogen (secondary N) is 1. The van der Waals surface area contributed by atoms with Gasteiger partial charge in [0.1, 0.15) is 11.3 Å². The number of H-pyrrole nitrogens is 1. The number of nitrogens with zero attached hydrogens (tertiary/aromatic N) is 4. The van der Waals surface area contributed by atoms with Crippen LogP contribution in [0.3, 0.4) is 0 Å². The first-order valence-corrected chi connectivity index (χ1v) is 6.99. The minimum Gasteiger partial charge on any atom is -0.382 e. The second-order valence-corrected chi connectivity index (χ2v) is 5.68. The van der Waals surface area contributed by atoms with Crippen molar-refractivity contribution in [2.45, 2.75) is 33.4 Å². The number of hydrogen-bond donors (Lipinski definition) is 2. The molecule has 2 aromatic rings. The molecule has 1 atom stereocenters. The van der Waals surface area contributed by atoms with Crippen LogP contribution >= 0.6 is 0 Å². The number of imidazole rings is 1. The zero-order chi connectivity index (χ0) is 14.3. The van der Waals surface area contributed by atoms with Gasteiger partial charge in [-0.1, -0.05) is 6.92 Å². The number of piperidine rings is 1. The summed E-state index contributed by atoms with van der Waals surface area (Å²) in [5, 5.41) is 0. The average Bonchev–Trinajstić information content (AvgIpc) is 2.68. The number of aromatic nitrogens is 4. The Morgan fingerprint density at radius 2 is 2.25 bits per heavy atom. The molecular formula is C13H20N6O. The molecular weight excluding hydrogens is 256 g/mol. The van der Waals surface area contributed by atoms with Crippen molar-refractivity contribution in [3.63, 3.8) is 0 Å². The fourth-order valence-corrected chi connectivity index (χ4v) is 2.91. The summed E-state index contributed by atoms with van der Waals surface area (Å²) < 4.78 is 1.65. The van der Waals surface area contributed by atoms with E-state index in [0.29, 0.717) is 35.4 Å². The SMILES string of the molecule is Cc1nc(N)c2[nH]c(=O)n(CN3CCCC(C)C3)c2n1. The molecule has 0 radical (unpaired) electrons. The summed E-state index contributed by atoms with van der Waals surface area (Å²) in [5.41, 5.74) is 6.80. The highest BCUT2D eigenvalue weighted by atomic mass is 16.1. The molecule has 1 aliphatic rings. The third-order valence-electron chi connectivity index (χ3n) is 3.85. The molecule has 3 N–H and O–H groups in total. The monoisotopic (exact) mass is 276 g/mol. The van der Waals surface area contributed by atoms with Gasteiger partial charge in [-0.15, -0.1) is 0 Å². The highest BCUT2D eigenvalue weighted by Crippen LogP contribution is 2.18. The van der Waals surface area contributed by atoms with E-state index in [4.69, 9.17) is 5.73 Å². The van der Waals surface area contributed by atoms with Crippen LogP contribution in [0.15, 0.2) is 4.79 Å². The number of hydrogen-bond acceptors (Lipinski definition) is 5. The Kier molecular flexibility index (Phi) is 3.21. The molecule has 7 nitrogen and oxygen atoms in total. The van der Waals surface area contributed by atoms with Crippen LogP contribution in [0, 0.1) is 12.8 Å². The molecule has 1 aliphatic heterocycles. The van der Waals surface area contributed by atoms with Crippen molar-refractivity contribution in [2.75, 3.05) is 18.8 Å². The van der Waals surface area contributed by atoms with Crippen molar-refractivity contribution in [1.82, 2.24) is 24.4 Å². The molecule has 0 saturated carbocycles. The second-order valence-electron chi connectivity index (χ2n) is 5.68. The molecule has 1 saturated heterocycles. The lowest BCUT2D eigenvalue weighted by Gasteiger charge is -2.30. The van der Waals surface area contributed by atoms with Crippen LogP contribution in [-0.4, -0.2) is 37.5 Å². The first-order valence-electron chi connectivity index (χ1n) is 6.99. The van der Waals surface area contributed by atoms with Gasteiger partial charge in [-0.3, -0.25) is 9.47 Å². The third-order valence-corrected chi connectivity index (χ3v) is 3.85. The molecule has 7 heteroatoms. The van der Waals surface area contributed by atoms with Gasteiger partial charge in [0.15, 0.2) is 11.5 Å². The van der Waals surface area contributed by atoms with Crippen molar-refractivity contribution in [1.29, 1.82) is 0 Å². The minimum absolute atomic E-state index is 0.176. The number of nitrogen functional groups attached to an aromatic ring is 1. The number of likely N-dealkylation sites (tertiary alicyclic amines) is 1. The number of fused-ring (bicyclic) bond motifs is 1. The number of nitrogens with two attached hydrogens (primary N) is 1. The van der Waals surface area contributed by atoms with Gasteiger partial charge in [-0.05, 0) is 32.2 Å². The fourth-order valence-electron chi connectivity index (χ4n) is 2.91. The predicted molar refractivity (Wildman–Crippen MR) is 77.3 cm³/mol. The first kappa shape index (κ1) is 13.1. The standard InChI is InChI=1S/C13H20N6O/c1-8-4-3-5-18(6-8)7-19-12-10(17-13(19)20)11(14)15-9(2)16-12/h8H,3-7H2,1-2H3,(H,17,20)(H2,14,15,16). The van der Waals surface area contributed by atoms with Crippen LogP contribution in [0.2, 0.25) is 0 Å². The third kappa shape index (κ3) is 2.29. The molecule has 0 aliphatic carbocycles. The van der Waals surface area contributed by atoms with Crippen LogP contribution in [0.25, 0.3) is 11.2 Å². The van der Waals surface area contributed by atoms with Crippen LogP contribution in [0.1, 0.15) is 25.6 Å². The smallest absolute Gasteiger partial charge is 0.328 e. The van der Waals surface area contributed by atoms with E-state index >= 15 is 0 Å². The number of anilines is 1. The molecule has 1 unspecified atom stereocenters. The normalized spacial score (nSPS) is 20.6. The molecule has 3 heterocycles. The lowest BCUT2D eigenvalue weighted by molar-refractivity contribution is 0.146. The van der Waals surface area contributed by atoms with Gasteiger partial charge >= 0.3 is 5.69 Å². The quantitative estimate of drug-likeness (QED) is 0.842. The molecule has 20 heavy (non-hydrogen) atoms. The molecule has 0 spiro atoms. The molecule has 108 valence electrons. The van der Waals surface area contributed by atoms with E-state index in [1.807, 2.05) is 0 Å². The molecule has 0 bridgehead atoms. The van der Waals surface area contributed by atoms with Crippen molar-refractivity contribution in [3.8, 4) is 0 Å². The summed E-state index contributed by atoms with van der Waals surface area (Å²) in [4.78, 5) is 25.6. The van der Waals surface area contributed by atoms with Gasteiger partial charge in [-0.25, -0.2) is 14.8 Å². The van der Waals surface area contributed by atoms with E-state index in [0.717, 1.165) is 13.1 Å². The van der Waals surface area contributed by atoms with Gasteiger partial charge in [-0.2, -0.15) is 0 Å². The lowest BCUT2D eigenvalue weighted by atomic mass is 10.0. The van der Waals surface area contributed by atoms with Gasteiger partial charge in [0, 0.05) is 6.54 Å².